The number of aliphatic hydroxyl groups excluding tert-OH is 23. The zero-order valence-electron chi connectivity index (χ0n) is 46.1. The minimum Gasteiger partial charge on any atom is -0.394 e. The Morgan fingerprint density at radius 2 is 0.295 bits per heavy atom. The highest BCUT2D eigenvalue weighted by molar-refractivity contribution is 5.03. The summed E-state index contributed by atoms with van der Waals surface area (Å²) in [5.74, 6) is 0. The van der Waals surface area contributed by atoms with Crippen LogP contribution in [0.25, 0.3) is 0 Å². The van der Waals surface area contributed by atoms with Gasteiger partial charge in [0.05, 0.1) is 58.9 Å². The largest absolute Gasteiger partial charge is 0.394 e. The molecule has 0 spiro atoms. The molecule has 0 aromatic carbocycles. The molecule has 0 aromatic heterocycles. The molecule has 40 heteroatoms. The summed E-state index contributed by atoms with van der Waals surface area (Å²) in [6.45, 7) is -8.48. The molecule has 0 saturated carbocycles. The molecule has 40 atom stereocenters. The highest BCUT2D eigenvalue weighted by Crippen LogP contribution is 2.39. The first kappa shape index (κ1) is 70.7. The number of aliphatic hydroxyl groups is 23. The summed E-state index contributed by atoms with van der Waals surface area (Å²) in [5, 5.41) is 254. The van der Waals surface area contributed by atoms with E-state index < -0.39 is 298 Å². The molecule has 30 rings (SSSR count). The van der Waals surface area contributed by atoms with Crippen molar-refractivity contribution >= 4 is 0 Å². The van der Waals surface area contributed by atoms with E-state index in [4.69, 9.17) is 81.5 Å². The third-order valence-electron chi connectivity index (χ3n) is 17.0. The summed E-state index contributed by atoms with van der Waals surface area (Å²) in [7, 11) is 0. The summed E-state index contributed by atoms with van der Waals surface area (Å²) < 4.78 is 91.6. The Balaban J connectivity index is 0.975. The first-order valence-electron chi connectivity index (χ1n) is 28.2. The maximum absolute atomic E-state index is 11.5. The predicted molar refractivity (Wildman–Crippen MR) is 263 cm³/mol. The molecular weight excluding hydrogens is 1210 g/mol. The average Bonchev–Trinajstić information content (AvgIpc) is 0.980. The van der Waals surface area contributed by atoms with Gasteiger partial charge in [-0.3, -0.25) is 0 Å². The molecule has 30 aliphatic heterocycles. The number of ether oxygens (including phenoxy) is 16. The van der Waals surface area contributed by atoms with Gasteiger partial charge in [-0.1, -0.05) is 0 Å². The molecule has 0 aromatic rings. The van der Waals surface area contributed by atoms with Crippen LogP contribution in [0.1, 0.15) is 0 Å². The number of hydrogen-bond donors (Lipinski definition) is 24. The minimum absolute atomic E-state index is 1.02. The summed E-state index contributed by atoms with van der Waals surface area (Å²) in [5.41, 5.74) is 6.32. The lowest BCUT2D eigenvalue weighted by Crippen LogP contribution is -2.69. The lowest BCUT2D eigenvalue weighted by atomic mass is 9.94. The molecule has 40 nitrogen and oxygen atoms in total. The second kappa shape index (κ2) is 30.0. The van der Waals surface area contributed by atoms with E-state index in [0.29, 0.717) is 0 Å². The quantitative estimate of drug-likeness (QED) is 0.107. The van der Waals surface area contributed by atoms with Gasteiger partial charge in [0.1, 0.15) is 189 Å². The van der Waals surface area contributed by atoms with Crippen LogP contribution in [0.2, 0.25) is 0 Å². The van der Waals surface area contributed by atoms with Crippen molar-refractivity contribution in [1.29, 1.82) is 0 Å². The Hall–Kier alpha value is -1.60. The van der Waals surface area contributed by atoms with Crippen LogP contribution in [-0.2, 0) is 75.8 Å². The second-order valence-corrected chi connectivity index (χ2v) is 22.5. The molecule has 0 aliphatic carbocycles. The smallest absolute Gasteiger partial charge is 0.187 e. The Labute approximate surface area is 496 Å². The van der Waals surface area contributed by atoms with Crippen LogP contribution in [0.5, 0.6) is 0 Å². The Morgan fingerprint density at radius 1 is 0.170 bits per heavy atom. The highest BCUT2D eigenvalue weighted by atomic mass is 16.8. The van der Waals surface area contributed by atoms with Crippen molar-refractivity contribution in [2.45, 2.75) is 246 Å². The van der Waals surface area contributed by atoms with Crippen LogP contribution in [0.3, 0.4) is 0 Å². The maximum Gasteiger partial charge on any atom is 0.187 e. The van der Waals surface area contributed by atoms with Gasteiger partial charge in [-0.05, 0) is 0 Å². The van der Waals surface area contributed by atoms with Gasteiger partial charge in [-0.15, -0.1) is 0 Å². The Morgan fingerprint density at radius 3 is 0.443 bits per heavy atom. The minimum atomic E-state index is -2.24. The molecule has 16 bridgehead atoms. The monoisotopic (exact) mass is 1300 g/mol. The van der Waals surface area contributed by atoms with Crippen molar-refractivity contribution in [2.75, 3.05) is 52.9 Å². The fourth-order valence-electron chi connectivity index (χ4n) is 11.9. The number of rotatable bonds is 8. The van der Waals surface area contributed by atoms with E-state index in [1.54, 1.807) is 0 Å². The van der Waals surface area contributed by atoms with Crippen LogP contribution in [0.15, 0.2) is 0 Å². The van der Waals surface area contributed by atoms with E-state index in [1.807, 2.05) is 0 Å². The van der Waals surface area contributed by atoms with Crippen molar-refractivity contribution < 1.29 is 193 Å². The zero-order chi connectivity index (χ0) is 64.1. The standard InChI is InChI=1S/C48H81NO39/c49-17-18(58)33-9(1-50)73-41(17)81-34-10(2-51)74-43(26(66)19(34)59)83-36-12(4-53)76-45(28(68)21(36)61)85-38-14(6-55)78-47(30(70)23(38)63)87-40-16(8-57)80-48(32(72)25(40)65)88-39-15(7-56)79-46(31(71)24(39)64)86-37-13(5-54)77-44(29(69)22(37)62)84-35-11(3-52)75-42(82-33)27(67)20(35)60/h9-48,50-72H,1-8,49H2. The lowest BCUT2D eigenvalue weighted by molar-refractivity contribution is -0.401. The molecule has 30 fully saturated rings. The third kappa shape index (κ3) is 13.8. The molecular formula is C48H81NO39. The average molecular weight is 1300 g/mol. The Kier molecular flexibility index (Phi) is 24.1. The van der Waals surface area contributed by atoms with E-state index >= 15 is 0 Å². The second-order valence-electron chi connectivity index (χ2n) is 22.5. The molecule has 512 valence electrons. The van der Waals surface area contributed by atoms with Gasteiger partial charge in [0.2, 0.25) is 0 Å². The molecule has 30 heterocycles. The van der Waals surface area contributed by atoms with Crippen molar-refractivity contribution in [3.8, 4) is 0 Å². The summed E-state index contributed by atoms with van der Waals surface area (Å²) >= 11 is 0. The Bertz CT molecular complexity index is 1710. The summed E-state index contributed by atoms with van der Waals surface area (Å²) in [6, 6.07) is -1.75. The van der Waals surface area contributed by atoms with Crippen LogP contribution >= 0.6 is 0 Å². The van der Waals surface area contributed by atoms with Gasteiger partial charge < -0.3 is 199 Å². The van der Waals surface area contributed by atoms with Crippen molar-refractivity contribution in [1.82, 2.24) is 0 Å². The van der Waals surface area contributed by atoms with Gasteiger partial charge in [-0.2, -0.15) is 0 Å². The predicted octanol–water partition coefficient (Wildman–Crippen LogP) is -17.4. The summed E-state index contributed by atoms with van der Waals surface area (Å²) in [4.78, 5) is 0. The van der Waals surface area contributed by atoms with Gasteiger partial charge in [0, 0.05) is 0 Å². The molecule has 88 heavy (non-hydrogen) atoms. The first-order valence-corrected chi connectivity index (χ1v) is 28.2. The van der Waals surface area contributed by atoms with E-state index in [9.17, 15) is 117 Å². The number of hydrogen-bond acceptors (Lipinski definition) is 40. The molecule has 0 radical (unpaired) electrons. The van der Waals surface area contributed by atoms with Crippen molar-refractivity contribution in [3.63, 3.8) is 0 Å². The van der Waals surface area contributed by atoms with E-state index in [2.05, 4.69) is 0 Å². The van der Waals surface area contributed by atoms with Gasteiger partial charge in [0.15, 0.2) is 50.3 Å². The van der Waals surface area contributed by atoms with E-state index in [0.717, 1.165) is 0 Å². The fraction of sp³-hybridized carbons (Fsp3) is 1.00. The van der Waals surface area contributed by atoms with Crippen LogP contribution in [0.4, 0.5) is 0 Å². The molecule has 30 saturated heterocycles. The van der Waals surface area contributed by atoms with Crippen LogP contribution in [-0.4, -0.2) is 416 Å². The SMILES string of the molecule is NC1C2OC(CO)C(OC3OC(CO)C(OC4OC(CO)C(OC5OC(CO)C(OC6OC(CO)C(OC7OC(CO)C(OC8OC(CO)C(OC9OC(CO)C(O2)C(O)C9O)C(O)C8O)C(O)C7O)C(O)C6O)C(O)C5O)C(O)C4O)C(O)C3O)C1O. The highest BCUT2D eigenvalue weighted by Gasteiger charge is 2.60. The van der Waals surface area contributed by atoms with Crippen molar-refractivity contribution in [2.24, 2.45) is 5.73 Å². The molecule has 30 aliphatic rings. The maximum atomic E-state index is 11.5. The van der Waals surface area contributed by atoms with E-state index in [-0.39, 0.29) is 0 Å². The fourth-order valence-corrected chi connectivity index (χ4v) is 11.9. The van der Waals surface area contributed by atoms with Crippen molar-refractivity contribution in [3.05, 3.63) is 0 Å². The molecule has 25 N–H and O–H groups in total. The molecule has 40 unspecified atom stereocenters. The molecule has 0 amide bonds. The van der Waals surface area contributed by atoms with Gasteiger partial charge >= 0.3 is 0 Å². The zero-order valence-corrected chi connectivity index (χ0v) is 46.1. The number of nitrogens with two attached hydrogens (primary N) is 1. The van der Waals surface area contributed by atoms with Gasteiger partial charge in [-0.25, -0.2) is 0 Å². The van der Waals surface area contributed by atoms with Crippen LogP contribution < -0.4 is 5.73 Å². The normalized spacial score (nSPS) is 55.4. The lowest BCUT2D eigenvalue weighted by Gasteiger charge is -2.50. The summed E-state index contributed by atoms with van der Waals surface area (Å²) in [6.07, 6.45) is -78.4. The van der Waals surface area contributed by atoms with Crippen LogP contribution in [0, 0.1) is 0 Å². The first-order chi connectivity index (χ1) is 41.9. The topological polar surface area (TPSA) is 639 Å². The van der Waals surface area contributed by atoms with E-state index in [1.165, 1.54) is 0 Å². The third-order valence-corrected chi connectivity index (χ3v) is 17.0. The van der Waals surface area contributed by atoms with Gasteiger partial charge in [0.25, 0.3) is 0 Å².